The van der Waals surface area contributed by atoms with Gasteiger partial charge in [-0.05, 0) is 106 Å². The van der Waals surface area contributed by atoms with Gasteiger partial charge in [0.15, 0.2) is 0 Å². The molecule has 2 aromatic carbocycles. The number of halogens is 2. The molecule has 98 valence electrons. The quantitative estimate of drug-likeness (QED) is 0.370. The topological polar surface area (TPSA) is 0 Å². The Labute approximate surface area is 147 Å². The highest BCUT2D eigenvalue weighted by molar-refractivity contribution is 14.1. The molecule has 0 N–H and O–H groups in total. The van der Waals surface area contributed by atoms with Crippen molar-refractivity contribution in [3.05, 3.63) is 65.8 Å². The van der Waals surface area contributed by atoms with Crippen molar-refractivity contribution in [3.63, 3.8) is 0 Å². The highest BCUT2D eigenvalue weighted by atomic mass is 127. The first kappa shape index (κ1) is 15.4. The van der Waals surface area contributed by atoms with Crippen LogP contribution in [0.3, 0.4) is 0 Å². The maximum Gasteiger partial charge on any atom is 0.0391 e. The van der Waals surface area contributed by atoms with Gasteiger partial charge in [0, 0.05) is 18.3 Å². The van der Waals surface area contributed by atoms with Crippen LogP contribution in [0.15, 0.2) is 36.4 Å². The molecule has 0 atom stereocenters. The zero-order chi connectivity index (χ0) is 14.5. The van der Waals surface area contributed by atoms with Crippen molar-refractivity contribution in [2.45, 2.75) is 13.8 Å². The highest BCUT2D eigenvalue weighted by Gasteiger charge is 1.96. The van der Waals surface area contributed by atoms with E-state index >= 15 is 0 Å². The predicted octanol–water partition coefficient (Wildman–Crippen LogP) is 4.92. The van der Waals surface area contributed by atoms with Crippen molar-refractivity contribution in [3.8, 4) is 23.7 Å². The largest absolute Gasteiger partial charge is 0.0582 e. The first-order valence-electron chi connectivity index (χ1n) is 6.10. The molecule has 0 unspecified atom stereocenters. The van der Waals surface area contributed by atoms with E-state index in [9.17, 15) is 0 Å². The number of hydrogen-bond donors (Lipinski definition) is 0. The number of aryl methyl sites for hydroxylation is 2. The van der Waals surface area contributed by atoms with Crippen LogP contribution in [0.5, 0.6) is 0 Å². The Balaban J connectivity index is 2.26. The normalized spacial score (nSPS) is 9.20. The third-order valence-electron chi connectivity index (χ3n) is 2.70. The third kappa shape index (κ3) is 4.26. The molecule has 20 heavy (non-hydrogen) atoms. The minimum atomic E-state index is 1.04. The molecule has 0 saturated carbocycles. The molecule has 0 aromatic heterocycles. The van der Waals surface area contributed by atoms with E-state index in [0.717, 1.165) is 18.3 Å². The maximum atomic E-state index is 3.12. The van der Waals surface area contributed by atoms with Gasteiger partial charge in [0.2, 0.25) is 0 Å². The average molecular weight is 482 g/mol. The summed E-state index contributed by atoms with van der Waals surface area (Å²) in [6.07, 6.45) is 0. The van der Waals surface area contributed by atoms with Crippen molar-refractivity contribution < 1.29 is 0 Å². The summed E-state index contributed by atoms with van der Waals surface area (Å²) in [6, 6.07) is 12.5. The molecule has 2 heteroatoms. The lowest BCUT2D eigenvalue weighted by Gasteiger charge is -1.97. The minimum Gasteiger partial charge on any atom is -0.0582 e. The van der Waals surface area contributed by atoms with Crippen LogP contribution in [0.2, 0.25) is 0 Å². The van der Waals surface area contributed by atoms with Crippen LogP contribution >= 0.6 is 45.2 Å². The van der Waals surface area contributed by atoms with Gasteiger partial charge >= 0.3 is 0 Å². The van der Waals surface area contributed by atoms with Gasteiger partial charge in [-0.1, -0.05) is 24.0 Å². The third-order valence-corrected chi connectivity index (χ3v) is 4.58. The molecule has 0 nitrogen and oxygen atoms in total. The molecule has 0 radical (unpaired) electrons. The van der Waals surface area contributed by atoms with E-state index in [1.165, 1.54) is 11.1 Å². The minimum absolute atomic E-state index is 1.04. The zero-order valence-corrected chi connectivity index (χ0v) is 15.5. The molecular weight excluding hydrogens is 470 g/mol. The SMILES string of the molecule is Cc1ccc(I)c(C#CC#Cc2cc(C)ccc2I)c1. The number of benzene rings is 2. The van der Waals surface area contributed by atoms with Crippen molar-refractivity contribution in [1.82, 2.24) is 0 Å². The summed E-state index contributed by atoms with van der Waals surface area (Å²) < 4.78 is 2.32. The Morgan fingerprint density at radius 2 is 1.10 bits per heavy atom. The first-order chi connectivity index (χ1) is 9.56. The molecule has 0 aliphatic carbocycles. The van der Waals surface area contributed by atoms with Crippen molar-refractivity contribution in [2.24, 2.45) is 0 Å². The lowest BCUT2D eigenvalue weighted by atomic mass is 10.1. The first-order valence-corrected chi connectivity index (χ1v) is 8.26. The Kier molecular flexibility index (Phi) is 5.51. The van der Waals surface area contributed by atoms with Gasteiger partial charge < -0.3 is 0 Å². The van der Waals surface area contributed by atoms with Gasteiger partial charge in [-0.25, -0.2) is 0 Å². The van der Waals surface area contributed by atoms with Gasteiger partial charge in [0.25, 0.3) is 0 Å². The zero-order valence-electron chi connectivity index (χ0n) is 11.2. The molecule has 0 aliphatic heterocycles. The van der Waals surface area contributed by atoms with E-state index in [1.54, 1.807) is 0 Å². The van der Waals surface area contributed by atoms with Crippen LogP contribution < -0.4 is 0 Å². The maximum absolute atomic E-state index is 3.12. The smallest absolute Gasteiger partial charge is 0.0391 e. The van der Waals surface area contributed by atoms with Crippen molar-refractivity contribution >= 4 is 45.2 Å². The van der Waals surface area contributed by atoms with E-state index in [-0.39, 0.29) is 0 Å². The lowest BCUT2D eigenvalue weighted by molar-refractivity contribution is 1.43. The second kappa shape index (κ2) is 7.15. The fourth-order valence-electron chi connectivity index (χ4n) is 1.67. The van der Waals surface area contributed by atoms with Crippen LogP contribution in [-0.4, -0.2) is 0 Å². The Morgan fingerprint density at radius 3 is 1.50 bits per heavy atom. The Bertz CT molecular complexity index is 698. The van der Waals surface area contributed by atoms with Crippen LogP contribution in [0, 0.1) is 44.7 Å². The van der Waals surface area contributed by atoms with E-state index in [4.69, 9.17) is 0 Å². The fraction of sp³-hybridized carbons (Fsp3) is 0.111. The molecule has 0 heterocycles. The van der Waals surface area contributed by atoms with E-state index < -0.39 is 0 Å². The second-order valence-corrected chi connectivity index (χ2v) is 6.79. The van der Waals surface area contributed by atoms with Crippen LogP contribution in [0.1, 0.15) is 22.3 Å². The summed E-state index contributed by atoms with van der Waals surface area (Å²) in [4.78, 5) is 0. The van der Waals surface area contributed by atoms with Gasteiger partial charge in [-0.2, -0.15) is 0 Å². The monoisotopic (exact) mass is 482 g/mol. The van der Waals surface area contributed by atoms with Gasteiger partial charge in [0.05, 0.1) is 0 Å². The molecule has 0 fully saturated rings. The second-order valence-electron chi connectivity index (χ2n) is 4.47. The van der Waals surface area contributed by atoms with E-state index in [1.807, 2.05) is 0 Å². The molecule has 0 saturated heterocycles. The summed E-state index contributed by atoms with van der Waals surface area (Å²) in [6.45, 7) is 4.14. The number of rotatable bonds is 0. The molecular formula is C18H12I2. The Morgan fingerprint density at radius 1 is 0.700 bits per heavy atom. The molecule has 0 amide bonds. The van der Waals surface area contributed by atoms with Crippen LogP contribution in [0.25, 0.3) is 0 Å². The van der Waals surface area contributed by atoms with Crippen LogP contribution in [-0.2, 0) is 0 Å². The van der Waals surface area contributed by atoms with Crippen molar-refractivity contribution in [2.75, 3.05) is 0 Å². The molecule has 0 spiro atoms. The molecule has 0 bridgehead atoms. The van der Waals surface area contributed by atoms with E-state index in [2.05, 4.69) is 119 Å². The van der Waals surface area contributed by atoms with Gasteiger partial charge in [-0.15, -0.1) is 0 Å². The number of hydrogen-bond acceptors (Lipinski definition) is 0. The summed E-state index contributed by atoms with van der Waals surface area (Å²) in [5.74, 6) is 12.1. The van der Waals surface area contributed by atoms with Gasteiger partial charge in [-0.3, -0.25) is 0 Å². The molecule has 2 rings (SSSR count). The Hall–Kier alpha value is -0.980. The van der Waals surface area contributed by atoms with Gasteiger partial charge in [0.1, 0.15) is 0 Å². The molecule has 0 aliphatic rings. The highest BCUT2D eigenvalue weighted by Crippen LogP contribution is 2.13. The lowest BCUT2D eigenvalue weighted by Crippen LogP contribution is -1.83. The standard InChI is InChI=1S/C18H12I2/c1-13-7-9-17(19)15(11-13)5-3-4-6-16-12-14(2)8-10-18(16)20/h7-12H,1-2H3. The van der Waals surface area contributed by atoms with E-state index in [0.29, 0.717) is 0 Å². The average Bonchev–Trinajstić information content (AvgIpc) is 2.42. The summed E-state index contributed by atoms with van der Waals surface area (Å²) in [5.41, 5.74) is 4.52. The summed E-state index contributed by atoms with van der Waals surface area (Å²) in [5, 5.41) is 0. The summed E-state index contributed by atoms with van der Waals surface area (Å²) >= 11 is 4.60. The summed E-state index contributed by atoms with van der Waals surface area (Å²) in [7, 11) is 0. The predicted molar refractivity (Wildman–Crippen MR) is 102 cm³/mol. The fourth-order valence-corrected chi connectivity index (χ4v) is 2.61. The molecule has 2 aromatic rings. The van der Waals surface area contributed by atoms with Crippen molar-refractivity contribution in [1.29, 1.82) is 0 Å². The van der Waals surface area contributed by atoms with Crippen LogP contribution in [0.4, 0.5) is 0 Å².